The van der Waals surface area contributed by atoms with E-state index in [-0.39, 0.29) is 24.3 Å². The summed E-state index contributed by atoms with van der Waals surface area (Å²) in [7, 11) is 1.64. The van der Waals surface area contributed by atoms with Crippen LogP contribution in [0.5, 0.6) is 5.75 Å². The van der Waals surface area contributed by atoms with Crippen molar-refractivity contribution >= 4 is 51.9 Å². The average Bonchev–Trinajstić information content (AvgIpc) is 3.53. The Hall–Kier alpha value is -3.56. The minimum absolute atomic E-state index is 0.0373. The van der Waals surface area contributed by atoms with Crippen molar-refractivity contribution in [1.29, 1.82) is 0 Å². The molecule has 2 aliphatic rings. The predicted molar refractivity (Wildman–Crippen MR) is 155 cm³/mol. The van der Waals surface area contributed by atoms with Crippen LogP contribution in [-0.4, -0.2) is 46.3 Å². The van der Waals surface area contributed by atoms with Crippen LogP contribution in [0.25, 0.3) is 0 Å². The summed E-state index contributed by atoms with van der Waals surface area (Å²) in [5, 5.41) is 9.58. The molecule has 0 unspecified atom stereocenters. The average molecular weight is 545 g/mol. The van der Waals surface area contributed by atoms with Crippen LogP contribution in [0.4, 0.5) is 5.69 Å². The molecule has 0 spiro atoms. The second-order valence-electron chi connectivity index (χ2n) is 9.07. The molecule has 38 heavy (non-hydrogen) atoms. The fraction of sp³-hybridized carbons (Fsp3) is 0.241. The third-order valence-corrected chi connectivity index (χ3v) is 8.31. The van der Waals surface area contributed by atoms with Gasteiger partial charge in [-0.25, -0.2) is 5.01 Å². The summed E-state index contributed by atoms with van der Waals surface area (Å²) in [6, 6.07) is 23.6. The van der Waals surface area contributed by atoms with Gasteiger partial charge in [-0.1, -0.05) is 59.8 Å². The number of amides is 2. The molecule has 0 saturated heterocycles. The monoisotopic (exact) mass is 544 g/mol. The van der Waals surface area contributed by atoms with E-state index in [1.165, 1.54) is 17.3 Å². The molecule has 2 amide bonds. The number of carbonyl (C=O) groups is 2. The number of aryl methyl sites for hydroxylation is 1. The Morgan fingerprint density at radius 3 is 2.61 bits per heavy atom. The van der Waals surface area contributed by atoms with Crippen molar-refractivity contribution in [3.8, 4) is 5.75 Å². The van der Waals surface area contributed by atoms with Crippen LogP contribution >= 0.6 is 23.5 Å². The van der Waals surface area contributed by atoms with Gasteiger partial charge < -0.3 is 10.1 Å². The molecular weight excluding hydrogens is 516 g/mol. The van der Waals surface area contributed by atoms with Crippen LogP contribution in [0, 0.1) is 6.92 Å². The molecule has 0 saturated carbocycles. The van der Waals surface area contributed by atoms with Crippen molar-refractivity contribution < 1.29 is 14.3 Å². The van der Waals surface area contributed by atoms with E-state index in [1.807, 2.05) is 59.8 Å². The first-order chi connectivity index (χ1) is 18.4. The van der Waals surface area contributed by atoms with Gasteiger partial charge in [0.2, 0.25) is 5.91 Å². The van der Waals surface area contributed by atoms with Crippen LogP contribution in [0.1, 0.15) is 35.6 Å². The van der Waals surface area contributed by atoms with E-state index in [0.717, 1.165) is 27.5 Å². The van der Waals surface area contributed by atoms with E-state index in [9.17, 15) is 9.59 Å². The van der Waals surface area contributed by atoms with Crippen molar-refractivity contribution in [3.63, 3.8) is 0 Å². The maximum absolute atomic E-state index is 12.9. The molecule has 0 radical (unpaired) electrons. The molecule has 9 heteroatoms. The SMILES string of the molecule is COc1ccc([C@@H]2CC(c3ccc(C)cc3)=NN2C2=NC(=O)[C@H](CC(=O)Nc3cccc(SC)c3)S2)cc1. The van der Waals surface area contributed by atoms with Crippen LogP contribution < -0.4 is 10.1 Å². The van der Waals surface area contributed by atoms with E-state index >= 15 is 0 Å². The van der Waals surface area contributed by atoms with Gasteiger partial charge >= 0.3 is 0 Å². The Morgan fingerprint density at radius 1 is 1.13 bits per heavy atom. The fourth-order valence-corrected chi connectivity index (χ4v) is 5.90. The van der Waals surface area contributed by atoms with E-state index < -0.39 is 5.25 Å². The molecule has 0 fully saturated rings. The number of carbonyl (C=O) groups excluding carboxylic acids is 2. The molecular formula is C29H28N4O3S2. The number of hydrogen-bond acceptors (Lipinski definition) is 7. The maximum Gasteiger partial charge on any atom is 0.262 e. The zero-order chi connectivity index (χ0) is 26.6. The Balaban J connectivity index is 1.34. The van der Waals surface area contributed by atoms with E-state index in [2.05, 4.69) is 41.5 Å². The highest BCUT2D eigenvalue weighted by molar-refractivity contribution is 8.15. The number of anilines is 1. The largest absolute Gasteiger partial charge is 0.497 e. The van der Waals surface area contributed by atoms with E-state index in [4.69, 9.17) is 9.84 Å². The predicted octanol–water partition coefficient (Wildman–Crippen LogP) is 5.90. The molecule has 2 atom stereocenters. The molecule has 7 nitrogen and oxygen atoms in total. The number of nitrogens with one attached hydrogen (secondary N) is 1. The first-order valence-electron chi connectivity index (χ1n) is 12.2. The number of thioether (sulfide) groups is 2. The number of ether oxygens (including phenoxy) is 1. The molecule has 3 aromatic carbocycles. The summed E-state index contributed by atoms with van der Waals surface area (Å²) >= 11 is 2.90. The third-order valence-electron chi connectivity index (χ3n) is 6.44. The number of hydrogen-bond donors (Lipinski definition) is 1. The summed E-state index contributed by atoms with van der Waals surface area (Å²) in [4.78, 5) is 31.0. The number of nitrogens with zero attached hydrogens (tertiary/aromatic N) is 3. The Bertz CT molecular complexity index is 1400. The van der Waals surface area contributed by atoms with Crippen LogP contribution in [0.2, 0.25) is 0 Å². The lowest BCUT2D eigenvalue weighted by Crippen LogP contribution is -2.25. The fourth-order valence-electron chi connectivity index (χ4n) is 4.38. The number of amidine groups is 1. The van der Waals surface area contributed by atoms with Crippen molar-refractivity contribution in [1.82, 2.24) is 5.01 Å². The first kappa shape index (κ1) is 26.1. The Labute approximate surface area is 230 Å². The number of rotatable bonds is 7. The molecule has 5 rings (SSSR count). The van der Waals surface area contributed by atoms with Gasteiger partial charge in [-0.2, -0.15) is 10.1 Å². The Morgan fingerprint density at radius 2 is 1.89 bits per heavy atom. The lowest BCUT2D eigenvalue weighted by molar-refractivity contribution is -0.121. The van der Waals surface area contributed by atoms with Gasteiger partial charge in [0.05, 0.1) is 18.9 Å². The van der Waals surface area contributed by atoms with Gasteiger partial charge in [0.25, 0.3) is 5.91 Å². The third kappa shape index (κ3) is 5.79. The molecule has 3 aromatic rings. The molecule has 2 aliphatic heterocycles. The van der Waals surface area contributed by atoms with Gasteiger partial charge in [-0.3, -0.25) is 9.59 Å². The number of benzene rings is 3. The zero-order valence-electron chi connectivity index (χ0n) is 21.4. The van der Waals surface area contributed by atoms with Gasteiger partial charge in [0, 0.05) is 23.4 Å². The Kier molecular flexibility index (Phi) is 7.85. The maximum atomic E-state index is 12.9. The van der Waals surface area contributed by atoms with E-state index in [0.29, 0.717) is 17.3 Å². The lowest BCUT2D eigenvalue weighted by Gasteiger charge is -2.23. The highest BCUT2D eigenvalue weighted by atomic mass is 32.2. The van der Waals surface area contributed by atoms with Crippen LogP contribution in [-0.2, 0) is 9.59 Å². The van der Waals surface area contributed by atoms with Crippen LogP contribution in [0.15, 0.2) is 87.8 Å². The van der Waals surface area contributed by atoms with Crippen molar-refractivity contribution in [3.05, 3.63) is 89.5 Å². The van der Waals surface area contributed by atoms with Gasteiger partial charge in [0.15, 0.2) is 5.17 Å². The quantitative estimate of drug-likeness (QED) is 0.373. The standard InChI is InChI=1S/C29H28N4O3S2/c1-18-7-9-19(10-8-18)24-16-25(20-11-13-22(36-2)14-12-20)33(32-24)29-31-28(35)26(38-29)17-27(34)30-21-5-4-6-23(15-21)37-3/h4-15,25-26H,16-17H2,1-3H3,(H,30,34)/t25-,26-/m0/s1. The smallest absolute Gasteiger partial charge is 0.262 e. The van der Waals surface area contributed by atoms with Crippen molar-refractivity contribution in [2.45, 2.75) is 36.0 Å². The number of hydrazone groups is 1. The summed E-state index contributed by atoms with van der Waals surface area (Å²) in [5.74, 6) is 0.239. The van der Waals surface area contributed by atoms with Crippen LogP contribution in [0.3, 0.4) is 0 Å². The summed E-state index contributed by atoms with van der Waals surface area (Å²) in [6.45, 7) is 2.05. The molecule has 0 aromatic heterocycles. The highest BCUT2D eigenvalue weighted by Crippen LogP contribution is 2.39. The zero-order valence-corrected chi connectivity index (χ0v) is 23.0. The number of aliphatic imine (C=N–C) groups is 1. The second kappa shape index (κ2) is 11.4. The lowest BCUT2D eigenvalue weighted by atomic mass is 9.98. The van der Waals surface area contributed by atoms with Gasteiger partial charge in [-0.05, 0) is 54.6 Å². The molecule has 0 bridgehead atoms. The van der Waals surface area contributed by atoms with Gasteiger partial charge in [-0.15, -0.1) is 11.8 Å². The van der Waals surface area contributed by atoms with Crippen molar-refractivity contribution in [2.24, 2.45) is 10.1 Å². The summed E-state index contributed by atoms with van der Waals surface area (Å²) in [6.07, 6.45) is 2.69. The molecule has 0 aliphatic carbocycles. The minimum atomic E-state index is -0.594. The normalized spacial score (nSPS) is 18.8. The van der Waals surface area contributed by atoms with Gasteiger partial charge in [0.1, 0.15) is 11.0 Å². The highest BCUT2D eigenvalue weighted by Gasteiger charge is 2.39. The van der Waals surface area contributed by atoms with E-state index in [1.54, 1.807) is 18.9 Å². The first-order valence-corrected chi connectivity index (χ1v) is 14.3. The summed E-state index contributed by atoms with van der Waals surface area (Å²) < 4.78 is 5.33. The molecule has 1 N–H and O–H groups in total. The molecule has 2 heterocycles. The topological polar surface area (TPSA) is 83.4 Å². The second-order valence-corrected chi connectivity index (χ2v) is 11.1. The summed E-state index contributed by atoms with van der Waals surface area (Å²) in [5.41, 5.74) is 4.90. The molecule has 194 valence electrons. The number of methoxy groups -OCH3 is 1. The minimum Gasteiger partial charge on any atom is -0.497 e. The van der Waals surface area contributed by atoms with Crippen molar-refractivity contribution in [2.75, 3.05) is 18.7 Å².